The normalized spacial score (nSPS) is 11.2. The summed E-state index contributed by atoms with van der Waals surface area (Å²) in [6.45, 7) is 0. The second-order valence-corrected chi connectivity index (χ2v) is 6.14. The molecule has 0 radical (unpaired) electrons. The third-order valence-corrected chi connectivity index (χ3v) is 4.54. The molecule has 0 aliphatic rings. The number of H-pyrrole nitrogens is 1. The van der Waals surface area contributed by atoms with Gasteiger partial charge >= 0.3 is 0 Å². The van der Waals surface area contributed by atoms with Gasteiger partial charge in [0.2, 0.25) is 0 Å². The van der Waals surface area contributed by atoms with Crippen molar-refractivity contribution < 1.29 is 8.42 Å². The summed E-state index contributed by atoms with van der Waals surface area (Å²) in [5.41, 5.74) is 1.50. The fourth-order valence-electron chi connectivity index (χ4n) is 2.12. The summed E-state index contributed by atoms with van der Waals surface area (Å²) in [7, 11) is -3.79. The third-order valence-electron chi connectivity index (χ3n) is 3.10. The minimum absolute atomic E-state index is 0.0262. The average molecular weight is 297 g/mol. The summed E-state index contributed by atoms with van der Waals surface area (Å²) >= 11 is 0. The van der Waals surface area contributed by atoms with Gasteiger partial charge in [0.05, 0.1) is 5.56 Å². The van der Waals surface area contributed by atoms with Crippen molar-refractivity contribution in [3.05, 3.63) is 60.3 Å². The van der Waals surface area contributed by atoms with E-state index < -0.39 is 10.0 Å². The Morgan fingerprint density at radius 3 is 2.71 bits per heavy atom. The first-order valence-electron chi connectivity index (χ1n) is 6.19. The van der Waals surface area contributed by atoms with E-state index in [-0.39, 0.29) is 10.5 Å². The van der Waals surface area contributed by atoms with E-state index in [1.54, 1.807) is 36.5 Å². The zero-order chi connectivity index (χ0) is 14.9. The number of anilines is 1. The molecule has 0 unspecified atom stereocenters. The highest BCUT2D eigenvalue weighted by molar-refractivity contribution is 7.92. The number of hydrogen-bond acceptors (Lipinski definition) is 3. The second-order valence-electron chi connectivity index (χ2n) is 4.49. The van der Waals surface area contributed by atoms with Gasteiger partial charge in [0.15, 0.2) is 0 Å². The van der Waals surface area contributed by atoms with Gasteiger partial charge in [-0.2, -0.15) is 5.26 Å². The Morgan fingerprint density at radius 1 is 1.10 bits per heavy atom. The molecule has 0 bridgehead atoms. The van der Waals surface area contributed by atoms with Crippen LogP contribution in [0.5, 0.6) is 0 Å². The monoisotopic (exact) mass is 297 g/mol. The number of rotatable bonds is 3. The van der Waals surface area contributed by atoms with Gasteiger partial charge in [0.25, 0.3) is 10.0 Å². The van der Waals surface area contributed by atoms with E-state index in [1.807, 2.05) is 12.1 Å². The third kappa shape index (κ3) is 2.47. The predicted molar refractivity (Wildman–Crippen MR) is 80.3 cm³/mol. The number of nitrogens with zero attached hydrogens (tertiary/aromatic N) is 1. The number of benzene rings is 2. The molecular weight excluding hydrogens is 286 g/mol. The molecule has 1 heterocycles. The molecule has 0 saturated carbocycles. The molecule has 0 spiro atoms. The number of aromatic amines is 1. The summed E-state index contributed by atoms with van der Waals surface area (Å²) < 4.78 is 27.3. The number of nitrogens with one attached hydrogen (secondary N) is 2. The van der Waals surface area contributed by atoms with Crippen LogP contribution in [-0.4, -0.2) is 13.4 Å². The van der Waals surface area contributed by atoms with Crippen LogP contribution in [0, 0.1) is 11.3 Å². The van der Waals surface area contributed by atoms with Crippen LogP contribution in [0.2, 0.25) is 0 Å². The number of aromatic nitrogens is 1. The lowest BCUT2D eigenvalue weighted by Crippen LogP contribution is -2.14. The smallest absolute Gasteiger partial charge is 0.263 e. The lowest BCUT2D eigenvalue weighted by molar-refractivity contribution is 0.601. The van der Waals surface area contributed by atoms with E-state index in [0.717, 1.165) is 10.9 Å². The highest BCUT2D eigenvalue weighted by Crippen LogP contribution is 2.22. The highest BCUT2D eigenvalue weighted by atomic mass is 32.2. The van der Waals surface area contributed by atoms with Gasteiger partial charge in [0.1, 0.15) is 11.0 Å². The van der Waals surface area contributed by atoms with Gasteiger partial charge < -0.3 is 4.98 Å². The SMILES string of the molecule is N#Cc1ccccc1S(=O)(=O)Nc1ccc2[nH]ccc2c1. The molecule has 104 valence electrons. The Labute approximate surface area is 121 Å². The fraction of sp³-hybridized carbons (Fsp3) is 0. The van der Waals surface area contributed by atoms with E-state index in [9.17, 15) is 8.42 Å². The van der Waals surface area contributed by atoms with Crippen LogP contribution < -0.4 is 4.72 Å². The van der Waals surface area contributed by atoms with Crippen molar-refractivity contribution in [1.29, 1.82) is 5.26 Å². The lowest BCUT2D eigenvalue weighted by Gasteiger charge is -2.09. The molecule has 0 aliphatic carbocycles. The van der Waals surface area contributed by atoms with E-state index in [1.165, 1.54) is 12.1 Å². The van der Waals surface area contributed by atoms with Crippen LogP contribution in [0.4, 0.5) is 5.69 Å². The van der Waals surface area contributed by atoms with Crippen molar-refractivity contribution in [3.8, 4) is 6.07 Å². The quantitative estimate of drug-likeness (QED) is 0.779. The Bertz CT molecular complexity index is 952. The minimum Gasteiger partial charge on any atom is -0.361 e. The standard InChI is InChI=1S/C15H11N3O2S/c16-10-12-3-1-2-4-15(12)21(19,20)18-13-5-6-14-11(9-13)7-8-17-14/h1-9,17-18H. The minimum atomic E-state index is -3.79. The molecule has 0 amide bonds. The van der Waals surface area contributed by atoms with Crippen molar-refractivity contribution in [2.75, 3.05) is 4.72 Å². The first kappa shape index (κ1) is 13.2. The Kier molecular flexibility index (Phi) is 3.12. The van der Waals surface area contributed by atoms with E-state index in [4.69, 9.17) is 5.26 Å². The molecule has 1 aromatic heterocycles. The highest BCUT2D eigenvalue weighted by Gasteiger charge is 2.18. The van der Waals surface area contributed by atoms with E-state index >= 15 is 0 Å². The van der Waals surface area contributed by atoms with Crippen molar-refractivity contribution in [3.63, 3.8) is 0 Å². The van der Waals surface area contributed by atoms with Crippen LogP contribution in [0.25, 0.3) is 10.9 Å². The average Bonchev–Trinajstić information content (AvgIpc) is 2.94. The van der Waals surface area contributed by atoms with E-state index in [0.29, 0.717) is 5.69 Å². The van der Waals surface area contributed by atoms with Crippen molar-refractivity contribution >= 4 is 26.6 Å². The summed E-state index contributed by atoms with van der Waals surface area (Å²) in [4.78, 5) is 3.01. The molecular formula is C15H11N3O2S. The van der Waals surface area contributed by atoms with Crippen LogP contribution in [0.1, 0.15) is 5.56 Å². The molecule has 0 fully saturated rings. The second kappa shape index (κ2) is 4.96. The molecule has 2 aromatic carbocycles. The molecule has 3 aromatic rings. The Hall–Kier alpha value is -2.78. The van der Waals surface area contributed by atoms with Crippen LogP contribution in [0.3, 0.4) is 0 Å². The van der Waals surface area contributed by atoms with Crippen LogP contribution >= 0.6 is 0 Å². The summed E-state index contributed by atoms with van der Waals surface area (Å²) in [5, 5.41) is 9.92. The van der Waals surface area contributed by atoms with Gasteiger partial charge in [-0.3, -0.25) is 4.72 Å². The topological polar surface area (TPSA) is 85.8 Å². The van der Waals surface area contributed by atoms with Gasteiger partial charge in [0, 0.05) is 22.8 Å². The maximum atomic E-state index is 12.4. The first-order chi connectivity index (χ1) is 10.1. The molecule has 21 heavy (non-hydrogen) atoms. The first-order valence-corrected chi connectivity index (χ1v) is 7.67. The lowest BCUT2D eigenvalue weighted by atomic mass is 10.2. The zero-order valence-electron chi connectivity index (χ0n) is 10.9. The summed E-state index contributed by atoms with van der Waals surface area (Å²) in [6.07, 6.45) is 1.79. The zero-order valence-corrected chi connectivity index (χ0v) is 11.7. The van der Waals surface area contributed by atoms with Crippen molar-refractivity contribution in [2.24, 2.45) is 0 Å². The number of fused-ring (bicyclic) bond motifs is 1. The molecule has 3 rings (SSSR count). The molecule has 0 aliphatic heterocycles. The largest absolute Gasteiger partial charge is 0.361 e. The van der Waals surface area contributed by atoms with Gasteiger partial charge in [-0.1, -0.05) is 12.1 Å². The Morgan fingerprint density at radius 2 is 1.90 bits per heavy atom. The van der Waals surface area contributed by atoms with Crippen molar-refractivity contribution in [2.45, 2.75) is 4.90 Å². The van der Waals surface area contributed by atoms with Gasteiger partial charge in [-0.15, -0.1) is 0 Å². The molecule has 0 saturated heterocycles. The number of sulfonamides is 1. The molecule has 5 nitrogen and oxygen atoms in total. The maximum absolute atomic E-state index is 12.4. The van der Waals surface area contributed by atoms with Gasteiger partial charge in [-0.25, -0.2) is 8.42 Å². The molecule has 0 atom stereocenters. The molecule has 2 N–H and O–H groups in total. The summed E-state index contributed by atoms with van der Waals surface area (Å²) in [5.74, 6) is 0. The Balaban J connectivity index is 2.01. The van der Waals surface area contributed by atoms with E-state index in [2.05, 4.69) is 9.71 Å². The fourth-order valence-corrected chi connectivity index (χ4v) is 3.33. The summed E-state index contributed by atoms with van der Waals surface area (Å²) in [6, 6.07) is 15.1. The van der Waals surface area contributed by atoms with Crippen LogP contribution in [0.15, 0.2) is 59.6 Å². The van der Waals surface area contributed by atoms with Crippen LogP contribution in [-0.2, 0) is 10.0 Å². The molecule has 6 heteroatoms. The van der Waals surface area contributed by atoms with Crippen molar-refractivity contribution in [1.82, 2.24) is 4.98 Å². The van der Waals surface area contributed by atoms with Gasteiger partial charge in [-0.05, 0) is 36.4 Å². The maximum Gasteiger partial charge on any atom is 0.263 e. The number of hydrogen-bond donors (Lipinski definition) is 2. The predicted octanol–water partition coefficient (Wildman–Crippen LogP) is 2.84. The number of nitriles is 1.